The summed E-state index contributed by atoms with van der Waals surface area (Å²) in [6.45, 7) is 1.19. The SMILES string of the molecule is O=[N+]([O-])c1c(F)cccc1N1CCC(CO)C1. The fourth-order valence-electron chi connectivity index (χ4n) is 2.14. The molecule has 1 N–H and O–H groups in total. The number of halogens is 1. The van der Waals surface area contributed by atoms with Crippen LogP contribution in [0.3, 0.4) is 0 Å². The monoisotopic (exact) mass is 240 g/mol. The van der Waals surface area contributed by atoms with Gasteiger partial charge in [0.15, 0.2) is 0 Å². The smallest absolute Gasteiger partial charge is 0.327 e. The Morgan fingerprint density at radius 2 is 2.35 bits per heavy atom. The molecule has 1 saturated heterocycles. The van der Waals surface area contributed by atoms with E-state index in [9.17, 15) is 14.5 Å². The van der Waals surface area contributed by atoms with E-state index in [2.05, 4.69) is 0 Å². The molecular weight excluding hydrogens is 227 g/mol. The van der Waals surface area contributed by atoms with Crippen molar-refractivity contribution in [1.82, 2.24) is 0 Å². The zero-order valence-corrected chi connectivity index (χ0v) is 9.17. The van der Waals surface area contributed by atoms with E-state index in [1.165, 1.54) is 6.07 Å². The molecule has 1 aliphatic rings. The molecule has 0 spiro atoms. The second-order valence-electron chi connectivity index (χ2n) is 4.15. The first kappa shape index (κ1) is 11.8. The molecule has 1 aromatic carbocycles. The van der Waals surface area contributed by atoms with E-state index in [4.69, 9.17) is 5.11 Å². The highest BCUT2D eigenvalue weighted by Crippen LogP contribution is 2.33. The van der Waals surface area contributed by atoms with E-state index >= 15 is 0 Å². The second kappa shape index (κ2) is 4.67. The van der Waals surface area contributed by atoms with E-state index in [-0.39, 0.29) is 12.5 Å². The molecular formula is C11H13FN2O3. The van der Waals surface area contributed by atoms with Gasteiger partial charge in [-0.15, -0.1) is 0 Å². The van der Waals surface area contributed by atoms with Crippen LogP contribution in [0.1, 0.15) is 6.42 Å². The van der Waals surface area contributed by atoms with Crippen molar-refractivity contribution >= 4 is 11.4 Å². The molecule has 1 heterocycles. The van der Waals surface area contributed by atoms with E-state index in [0.717, 1.165) is 12.5 Å². The number of benzene rings is 1. The molecule has 92 valence electrons. The third kappa shape index (κ3) is 2.21. The van der Waals surface area contributed by atoms with Crippen LogP contribution in [0.5, 0.6) is 0 Å². The van der Waals surface area contributed by atoms with Gasteiger partial charge in [-0.2, -0.15) is 4.39 Å². The Morgan fingerprint density at radius 3 is 2.94 bits per heavy atom. The Balaban J connectivity index is 2.33. The van der Waals surface area contributed by atoms with Gasteiger partial charge in [-0.25, -0.2) is 0 Å². The summed E-state index contributed by atoms with van der Waals surface area (Å²) >= 11 is 0. The summed E-state index contributed by atoms with van der Waals surface area (Å²) in [6.07, 6.45) is 0.768. The average Bonchev–Trinajstić information content (AvgIpc) is 2.76. The number of anilines is 1. The maximum atomic E-state index is 13.4. The van der Waals surface area contributed by atoms with Crippen molar-refractivity contribution in [3.63, 3.8) is 0 Å². The van der Waals surface area contributed by atoms with E-state index in [0.29, 0.717) is 18.8 Å². The highest BCUT2D eigenvalue weighted by atomic mass is 19.1. The van der Waals surface area contributed by atoms with E-state index in [1.54, 1.807) is 11.0 Å². The summed E-state index contributed by atoms with van der Waals surface area (Å²) in [5.74, 6) is -0.710. The van der Waals surface area contributed by atoms with Crippen molar-refractivity contribution in [2.24, 2.45) is 5.92 Å². The van der Waals surface area contributed by atoms with E-state index < -0.39 is 16.4 Å². The predicted molar refractivity (Wildman–Crippen MR) is 60.5 cm³/mol. The summed E-state index contributed by atoms with van der Waals surface area (Å²) in [7, 11) is 0. The normalized spacial score (nSPS) is 19.6. The Bertz CT molecular complexity index is 439. The van der Waals surface area contributed by atoms with Crippen LogP contribution >= 0.6 is 0 Å². The van der Waals surface area contributed by atoms with Crippen molar-refractivity contribution in [3.05, 3.63) is 34.1 Å². The molecule has 5 nitrogen and oxygen atoms in total. The Hall–Kier alpha value is -1.69. The molecule has 1 fully saturated rings. The van der Waals surface area contributed by atoms with Crippen molar-refractivity contribution < 1.29 is 14.4 Å². The first-order valence-electron chi connectivity index (χ1n) is 5.42. The van der Waals surface area contributed by atoms with Crippen LogP contribution in [0.25, 0.3) is 0 Å². The number of aliphatic hydroxyl groups is 1. The fourth-order valence-corrected chi connectivity index (χ4v) is 2.14. The van der Waals surface area contributed by atoms with Crippen molar-refractivity contribution in [3.8, 4) is 0 Å². The lowest BCUT2D eigenvalue weighted by atomic mass is 10.1. The minimum absolute atomic E-state index is 0.0552. The summed E-state index contributed by atoms with van der Waals surface area (Å²) < 4.78 is 13.4. The van der Waals surface area contributed by atoms with E-state index in [1.807, 2.05) is 0 Å². The molecule has 1 atom stereocenters. The van der Waals surface area contributed by atoms with Gasteiger partial charge >= 0.3 is 5.69 Å². The number of nitro benzene ring substituents is 1. The van der Waals surface area contributed by atoms with Crippen LogP contribution in [0.4, 0.5) is 15.8 Å². The van der Waals surface area contributed by atoms with Crippen LogP contribution < -0.4 is 4.90 Å². The first-order chi connectivity index (χ1) is 8.13. The maximum absolute atomic E-state index is 13.4. The van der Waals surface area contributed by atoms with Crippen molar-refractivity contribution in [2.75, 3.05) is 24.6 Å². The van der Waals surface area contributed by atoms with Crippen molar-refractivity contribution in [1.29, 1.82) is 0 Å². The number of rotatable bonds is 3. The highest BCUT2D eigenvalue weighted by Gasteiger charge is 2.29. The summed E-state index contributed by atoms with van der Waals surface area (Å²) in [5.41, 5.74) is -0.183. The van der Waals surface area contributed by atoms with Gasteiger partial charge in [-0.05, 0) is 18.6 Å². The lowest BCUT2D eigenvalue weighted by Gasteiger charge is -2.18. The number of aliphatic hydroxyl groups excluding tert-OH is 1. The third-order valence-electron chi connectivity index (χ3n) is 3.03. The largest absolute Gasteiger partial charge is 0.396 e. The number of para-hydroxylation sites is 1. The van der Waals surface area contributed by atoms with Crippen LogP contribution in [-0.2, 0) is 0 Å². The molecule has 1 aliphatic heterocycles. The molecule has 0 radical (unpaired) electrons. The zero-order chi connectivity index (χ0) is 12.4. The molecule has 0 aromatic heterocycles. The summed E-state index contributed by atoms with van der Waals surface area (Å²) in [5, 5.41) is 19.9. The molecule has 17 heavy (non-hydrogen) atoms. The average molecular weight is 240 g/mol. The quantitative estimate of drug-likeness (QED) is 0.643. The van der Waals surface area contributed by atoms with Crippen molar-refractivity contribution in [2.45, 2.75) is 6.42 Å². The van der Waals surface area contributed by atoms with Gasteiger partial charge in [-0.3, -0.25) is 10.1 Å². The standard InChI is InChI=1S/C11H13FN2O3/c12-9-2-1-3-10(11(9)14(16)17)13-5-4-8(6-13)7-15/h1-3,8,15H,4-7H2. The molecule has 0 saturated carbocycles. The van der Waals surface area contributed by atoms with Crippen LogP contribution in [0, 0.1) is 21.8 Å². The molecule has 1 unspecified atom stereocenters. The van der Waals surface area contributed by atoms with Gasteiger partial charge in [0.05, 0.1) is 4.92 Å². The Kier molecular flexibility index (Phi) is 3.23. The minimum Gasteiger partial charge on any atom is -0.396 e. The number of nitrogens with zero attached hydrogens (tertiary/aromatic N) is 2. The Morgan fingerprint density at radius 1 is 1.59 bits per heavy atom. The first-order valence-corrected chi connectivity index (χ1v) is 5.42. The van der Waals surface area contributed by atoms with Gasteiger partial charge in [0, 0.05) is 25.6 Å². The van der Waals surface area contributed by atoms with Gasteiger partial charge in [0.1, 0.15) is 5.69 Å². The molecule has 6 heteroatoms. The van der Waals surface area contributed by atoms with Crippen LogP contribution in [0.15, 0.2) is 18.2 Å². The van der Waals surface area contributed by atoms with Gasteiger partial charge < -0.3 is 10.0 Å². The lowest BCUT2D eigenvalue weighted by molar-refractivity contribution is -0.386. The highest BCUT2D eigenvalue weighted by molar-refractivity contribution is 5.64. The lowest BCUT2D eigenvalue weighted by Crippen LogP contribution is -2.21. The maximum Gasteiger partial charge on any atom is 0.327 e. The Labute approximate surface area is 97.6 Å². The topological polar surface area (TPSA) is 66.6 Å². The summed E-state index contributed by atoms with van der Waals surface area (Å²) in [6, 6.07) is 4.09. The summed E-state index contributed by atoms with van der Waals surface area (Å²) in [4.78, 5) is 11.9. The minimum atomic E-state index is -0.819. The molecule has 0 amide bonds. The number of hydrogen-bond acceptors (Lipinski definition) is 4. The molecule has 0 bridgehead atoms. The predicted octanol–water partition coefficient (Wildman–Crippen LogP) is 1.55. The van der Waals surface area contributed by atoms with Gasteiger partial charge in [0.25, 0.3) is 0 Å². The second-order valence-corrected chi connectivity index (χ2v) is 4.15. The molecule has 0 aliphatic carbocycles. The zero-order valence-electron chi connectivity index (χ0n) is 9.17. The number of hydrogen-bond donors (Lipinski definition) is 1. The van der Waals surface area contributed by atoms with Gasteiger partial charge in [-0.1, -0.05) is 6.07 Å². The van der Waals surface area contributed by atoms with Crippen LogP contribution in [-0.4, -0.2) is 29.7 Å². The molecule has 1 aromatic rings. The number of nitro groups is 1. The molecule has 2 rings (SSSR count). The third-order valence-corrected chi connectivity index (χ3v) is 3.03. The fraction of sp³-hybridized carbons (Fsp3) is 0.455. The van der Waals surface area contributed by atoms with Crippen LogP contribution in [0.2, 0.25) is 0 Å². The van der Waals surface area contributed by atoms with Gasteiger partial charge in [0.2, 0.25) is 5.82 Å².